The van der Waals surface area contributed by atoms with Crippen molar-refractivity contribution >= 4 is 5.91 Å². The molecule has 0 aliphatic carbocycles. The molecule has 0 bridgehead atoms. The summed E-state index contributed by atoms with van der Waals surface area (Å²) in [5.74, 6) is 1.31. The lowest BCUT2D eigenvalue weighted by Gasteiger charge is -2.33. The van der Waals surface area contributed by atoms with Crippen molar-refractivity contribution in [3.8, 4) is 11.5 Å². The first-order valence-corrected chi connectivity index (χ1v) is 9.25. The van der Waals surface area contributed by atoms with Crippen LogP contribution in [0.5, 0.6) is 11.5 Å². The molecule has 2 aromatic carbocycles. The van der Waals surface area contributed by atoms with E-state index < -0.39 is 0 Å². The Hall–Kier alpha value is -2.53. The minimum absolute atomic E-state index is 0.0477. The number of rotatable bonds is 4. The lowest BCUT2D eigenvalue weighted by atomic mass is 10.0. The standard InChI is InChI=1S/C21H24N2O3/c24-21(17-8-9-19-20(13-17)26-12-11-25-19)22-18-7-4-10-23(15-18)14-16-5-2-1-3-6-16/h1-3,5-6,8-9,13,18H,4,7,10-12,14-15H2,(H,22,24). The van der Waals surface area contributed by atoms with Gasteiger partial charge in [-0.05, 0) is 43.1 Å². The predicted octanol–water partition coefficient (Wildman–Crippen LogP) is 2.85. The Morgan fingerprint density at radius 3 is 2.73 bits per heavy atom. The van der Waals surface area contributed by atoms with Gasteiger partial charge in [0.25, 0.3) is 5.91 Å². The number of fused-ring (bicyclic) bond motifs is 1. The van der Waals surface area contributed by atoms with E-state index in [4.69, 9.17) is 9.47 Å². The van der Waals surface area contributed by atoms with Crippen LogP contribution in [0.3, 0.4) is 0 Å². The molecule has 1 unspecified atom stereocenters. The highest BCUT2D eigenvalue weighted by atomic mass is 16.6. The first kappa shape index (κ1) is 16.9. The van der Waals surface area contributed by atoms with E-state index >= 15 is 0 Å². The minimum atomic E-state index is -0.0477. The van der Waals surface area contributed by atoms with Crippen LogP contribution < -0.4 is 14.8 Å². The van der Waals surface area contributed by atoms with E-state index in [1.54, 1.807) is 12.1 Å². The molecule has 136 valence electrons. The quantitative estimate of drug-likeness (QED) is 0.919. The van der Waals surface area contributed by atoms with Gasteiger partial charge in [-0.1, -0.05) is 30.3 Å². The third-order valence-electron chi connectivity index (χ3n) is 4.89. The molecule has 0 spiro atoms. The largest absolute Gasteiger partial charge is 0.486 e. The van der Waals surface area contributed by atoms with Crippen molar-refractivity contribution in [1.29, 1.82) is 0 Å². The predicted molar refractivity (Wildman–Crippen MR) is 99.6 cm³/mol. The van der Waals surface area contributed by atoms with Gasteiger partial charge in [0.05, 0.1) is 0 Å². The Morgan fingerprint density at radius 2 is 1.88 bits per heavy atom. The fourth-order valence-corrected chi connectivity index (χ4v) is 3.61. The summed E-state index contributed by atoms with van der Waals surface area (Å²) in [6, 6.07) is 16.0. The lowest BCUT2D eigenvalue weighted by Crippen LogP contribution is -2.47. The molecule has 0 saturated carbocycles. The van der Waals surface area contributed by atoms with Gasteiger partial charge in [-0.2, -0.15) is 0 Å². The average Bonchev–Trinajstić information content (AvgIpc) is 2.68. The fraction of sp³-hybridized carbons (Fsp3) is 0.381. The number of hydrogen-bond donors (Lipinski definition) is 1. The Labute approximate surface area is 153 Å². The number of hydrogen-bond acceptors (Lipinski definition) is 4. The molecule has 1 fully saturated rings. The monoisotopic (exact) mass is 352 g/mol. The summed E-state index contributed by atoms with van der Waals surface area (Å²) in [6.45, 7) is 3.96. The third kappa shape index (κ3) is 3.99. The Kier molecular flexibility index (Phi) is 5.07. The first-order chi connectivity index (χ1) is 12.8. The van der Waals surface area contributed by atoms with E-state index in [1.165, 1.54) is 5.56 Å². The highest BCUT2D eigenvalue weighted by Gasteiger charge is 2.23. The van der Waals surface area contributed by atoms with Gasteiger partial charge in [0, 0.05) is 24.7 Å². The summed E-state index contributed by atoms with van der Waals surface area (Å²) in [5.41, 5.74) is 1.93. The van der Waals surface area contributed by atoms with E-state index in [0.717, 1.165) is 32.5 Å². The fourth-order valence-electron chi connectivity index (χ4n) is 3.61. The van der Waals surface area contributed by atoms with Crippen LogP contribution in [0.15, 0.2) is 48.5 Å². The summed E-state index contributed by atoms with van der Waals surface area (Å²) < 4.78 is 11.1. The minimum Gasteiger partial charge on any atom is -0.486 e. The van der Waals surface area contributed by atoms with Crippen LogP contribution >= 0.6 is 0 Å². The Morgan fingerprint density at radius 1 is 1.08 bits per heavy atom. The molecule has 4 rings (SSSR count). The maximum absolute atomic E-state index is 12.6. The number of piperidine rings is 1. The molecule has 5 nitrogen and oxygen atoms in total. The smallest absolute Gasteiger partial charge is 0.251 e. The number of likely N-dealkylation sites (tertiary alicyclic amines) is 1. The lowest BCUT2D eigenvalue weighted by molar-refractivity contribution is 0.0899. The van der Waals surface area contributed by atoms with Crippen LogP contribution in [-0.2, 0) is 6.54 Å². The van der Waals surface area contributed by atoms with Gasteiger partial charge < -0.3 is 14.8 Å². The summed E-state index contributed by atoms with van der Waals surface area (Å²) in [4.78, 5) is 15.0. The van der Waals surface area contributed by atoms with Crippen LogP contribution in [0.1, 0.15) is 28.8 Å². The van der Waals surface area contributed by atoms with E-state index in [-0.39, 0.29) is 11.9 Å². The number of carbonyl (C=O) groups excluding carboxylic acids is 1. The number of carbonyl (C=O) groups is 1. The van der Waals surface area contributed by atoms with Gasteiger partial charge in [0.15, 0.2) is 11.5 Å². The van der Waals surface area contributed by atoms with E-state index in [0.29, 0.717) is 30.3 Å². The van der Waals surface area contributed by atoms with Gasteiger partial charge in [-0.15, -0.1) is 0 Å². The van der Waals surface area contributed by atoms with Crippen molar-refractivity contribution < 1.29 is 14.3 Å². The highest BCUT2D eigenvalue weighted by Crippen LogP contribution is 2.30. The first-order valence-electron chi connectivity index (χ1n) is 9.25. The van der Waals surface area contributed by atoms with Gasteiger partial charge in [-0.3, -0.25) is 9.69 Å². The molecule has 1 amide bonds. The second kappa shape index (κ2) is 7.79. The van der Waals surface area contributed by atoms with Crippen molar-refractivity contribution in [2.24, 2.45) is 0 Å². The Balaban J connectivity index is 1.36. The van der Waals surface area contributed by atoms with Gasteiger partial charge >= 0.3 is 0 Å². The molecular weight excluding hydrogens is 328 g/mol. The van der Waals surface area contributed by atoms with Crippen LogP contribution in [0.4, 0.5) is 0 Å². The van der Waals surface area contributed by atoms with Crippen molar-refractivity contribution in [2.45, 2.75) is 25.4 Å². The van der Waals surface area contributed by atoms with Crippen molar-refractivity contribution in [3.05, 3.63) is 59.7 Å². The van der Waals surface area contributed by atoms with Crippen LogP contribution in [0, 0.1) is 0 Å². The molecule has 5 heteroatoms. The van der Waals surface area contributed by atoms with Crippen LogP contribution in [0.2, 0.25) is 0 Å². The molecule has 2 heterocycles. The van der Waals surface area contributed by atoms with Gasteiger partial charge in [-0.25, -0.2) is 0 Å². The molecule has 1 N–H and O–H groups in total. The van der Waals surface area contributed by atoms with Crippen molar-refractivity contribution in [3.63, 3.8) is 0 Å². The molecule has 0 radical (unpaired) electrons. The summed E-state index contributed by atoms with van der Waals surface area (Å²) in [7, 11) is 0. The molecule has 1 atom stereocenters. The van der Waals surface area contributed by atoms with Gasteiger partial charge in [0.1, 0.15) is 13.2 Å². The number of ether oxygens (including phenoxy) is 2. The van der Waals surface area contributed by atoms with Crippen LogP contribution in [0.25, 0.3) is 0 Å². The molecule has 2 aromatic rings. The van der Waals surface area contributed by atoms with Crippen molar-refractivity contribution in [1.82, 2.24) is 10.2 Å². The molecule has 0 aromatic heterocycles. The molecule has 2 aliphatic rings. The maximum atomic E-state index is 12.6. The average molecular weight is 352 g/mol. The van der Waals surface area contributed by atoms with E-state index in [2.05, 4.69) is 34.5 Å². The number of nitrogens with zero attached hydrogens (tertiary/aromatic N) is 1. The summed E-state index contributed by atoms with van der Waals surface area (Å²) in [6.07, 6.45) is 2.11. The SMILES string of the molecule is O=C(NC1CCCN(Cc2ccccc2)C1)c1ccc2c(c1)OCCO2. The second-order valence-corrected chi connectivity index (χ2v) is 6.89. The van der Waals surface area contributed by atoms with Gasteiger partial charge in [0.2, 0.25) is 0 Å². The van der Waals surface area contributed by atoms with Crippen molar-refractivity contribution in [2.75, 3.05) is 26.3 Å². The topological polar surface area (TPSA) is 50.8 Å². The number of benzene rings is 2. The molecule has 26 heavy (non-hydrogen) atoms. The number of nitrogens with one attached hydrogen (secondary N) is 1. The maximum Gasteiger partial charge on any atom is 0.251 e. The Bertz CT molecular complexity index is 763. The van der Waals surface area contributed by atoms with E-state index in [9.17, 15) is 4.79 Å². The zero-order valence-corrected chi connectivity index (χ0v) is 14.8. The highest BCUT2D eigenvalue weighted by molar-refractivity contribution is 5.95. The normalized spacial score (nSPS) is 19.8. The zero-order valence-electron chi connectivity index (χ0n) is 14.8. The summed E-state index contributed by atoms with van der Waals surface area (Å²) in [5, 5.41) is 3.18. The third-order valence-corrected chi connectivity index (χ3v) is 4.89. The molecule has 1 saturated heterocycles. The second-order valence-electron chi connectivity index (χ2n) is 6.89. The molecular formula is C21H24N2O3. The van der Waals surface area contributed by atoms with Crippen LogP contribution in [-0.4, -0.2) is 43.2 Å². The number of amides is 1. The molecule has 2 aliphatic heterocycles. The van der Waals surface area contributed by atoms with E-state index in [1.807, 2.05) is 12.1 Å². The zero-order chi connectivity index (χ0) is 17.8. The summed E-state index contributed by atoms with van der Waals surface area (Å²) >= 11 is 0.